The van der Waals surface area contributed by atoms with Gasteiger partial charge in [-0.25, -0.2) is 14.6 Å². The van der Waals surface area contributed by atoms with E-state index in [1.54, 1.807) is 26.8 Å². The molecule has 3 aromatic carbocycles. The Labute approximate surface area is 296 Å². The second-order valence-corrected chi connectivity index (χ2v) is 14.4. The lowest BCUT2D eigenvalue weighted by Gasteiger charge is -2.22. The highest BCUT2D eigenvalue weighted by molar-refractivity contribution is 7.99. The number of rotatable bonds is 16. The van der Waals surface area contributed by atoms with Crippen LogP contribution in [0.15, 0.2) is 82.7 Å². The normalized spacial score (nSPS) is 12.5. The van der Waals surface area contributed by atoms with Gasteiger partial charge >= 0.3 is 12.1 Å². The molecule has 4 aromatic rings. The lowest BCUT2D eigenvalue weighted by Crippen LogP contribution is -2.25. The number of imidazole rings is 1. The fraction of sp³-hybridized carbons (Fsp3) is 0.324. The number of hydrogen-bond donors (Lipinski definition) is 1. The Morgan fingerprint density at radius 2 is 1.60 bits per heavy atom. The van der Waals surface area contributed by atoms with Crippen molar-refractivity contribution < 1.29 is 32.8 Å². The summed E-state index contributed by atoms with van der Waals surface area (Å²) in [6.45, 7) is 9.59. The van der Waals surface area contributed by atoms with Gasteiger partial charge in [-0.15, -0.1) is 0 Å². The zero-order chi connectivity index (χ0) is 34.8. The highest BCUT2D eigenvalue weighted by Crippen LogP contribution is 2.41. The van der Waals surface area contributed by atoms with Crippen LogP contribution < -0.4 is 15.0 Å². The van der Waals surface area contributed by atoms with Crippen LogP contribution in [0.3, 0.4) is 0 Å². The summed E-state index contributed by atoms with van der Waals surface area (Å²) < 4.78 is 30.5. The fourth-order valence-electron chi connectivity index (χ4n) is 4.32. The summed E-state index contributed by atoms with van der Waals surface area (Å²) in [6, 6.07) is 22.1. The van der Waals surface area contributed by atoms with Crippen LogP contribution in [-0.4, -0.2) is 40.2 Å². The first-order chi connectivity index (χ1) is 22.9. The number of amides is 1. The number of benzene rings is 3. The third-order valence-electron chi connectivity index (χ3n) is 6.48. The van der Waals surface area contributed by atoms with Crippen LogP contribution in [0.4, 0.5) is 4.79 Å². The summed E-state index contributed by atoms with van der Waals surface area (Å²) in [7, 11) is -1.66. The lowest BCUT2D eigenvalue weighted by molar-refractivity contribution is -0.154. The van der Waals surface area contributed by atoms with E-state index in [1.165, 1.54) is 11.8 Å². The molecule has 0 fully saturated rings. The number of carbonyl (C=O) groups excluding carboxylic acids is 2. The van der Waals surface area contributed by atoms with E-state index >= 15 is 0 Å². The molecule has 1 amide bonds. The van der Waals surface area contributed by atoms with Crippen LogP contribution in [0, 0.1) is 0 Å². The predicted octanol–water partition coefficient (Wildman–Crippen LogP) is 9.19. The van der Waals surface area contributed by atoms with Gasteiger partial charge < -0.3 is 33.6 Å². The third kappa shape index (κ3) is 11.3. The molecule has 1 heterocycles. The number of ether oxygens (including phenoxy) is 3. The second kappa shape index (κ2) is 17.8. The van der Waals surface area contributed by atoms with Crippen molar-refractivity contribution in [1.82, 2.24) is 9.55 Å². The monoisotopic (exact) mass is 733 g/mol. The van der Waals surface area contributed by atoms with Crippen molar-refractivity contribution >= 4 is 55.4 Å². The van der Waals surface area contributed by atoms with Gasteiger partial charge in [0.05, 0.1) is 11.8 Å². The van der Waals surface area contributed by atoms with Crippen molar-refractivity contribution in [2.45, 2.75) is 75.8 Å². The summed E-state index contributed by atoms with van der Waals surface area (Å²) in [5.41, 5.74) is 7.05. The van der Waals surface area contributed by atoms with E-state index in [0.717, 1.165) is 21.2 Å². The zero-order valence-electron chi connectivity index (χ0n) is 27.2. The maximum absolute atomic E-state index is 12.4. The number of esters is 1. The first kappa shape index (κ1) is 37.4. The molecule has 0 saturated carbocycles. The van der Waals surface area contributed by atoms with Gasteiger partial charge in [-0.2, -0.15) is 0 Å². The number of para-hydroxylation sites is 1. The van der Waals surface area contributed by atoms with Crippen molar-refractivity contribution in [3.8, 4) is 11.5 Å². The Kier molecular flexibility index (Phi) is 13.8. The second-order valence-electron chi connectivity index (χ2n) is 11.2. The molecule has 0 aliphatic carbocycles. The smallest absolute Gasteiger partial charge is 0.404 e. The van der Waals surface area contributed by atoms with E-state index in [-0.39, 0.29) is 25.0 Å². The molecule has 0 saturated heterocycles. The summed E-state index contributed by atoms with van der Waals surface area (Å²) >= 11 is 14.1. The van der Waals surface area contributed by atoms with Gasteiger partial charge in [0.15, 0.2) is 19.1 Å². The van der Waals surface area contributed by atoms with Gasteiger partial charge in [-0.1, -0.05) is 79.1 Å². The van der Waals surface area contributed by atoms with E-state index in [4.69, 9.17) is 57.2 Å². The standard InChI is InChI=1S/C34H38Cl2N3O7PS/c1-21(2)31-32(48-29-16-25(35)15-26(36)17-29)39(30(38-31)19-42-34(37)41)18-24-11-13-27(14-12-24)43-20-47(46-28-9-7-6-8-10-28)45-23(5)33(40)44-22(3)4/h6-17,21-23H,18-20H2,1-5H3,(H2,37,41). The minimum atomic E-state index is -1.66. The van der Waals surface area contributed by atoms with Crippen molar-refractivity contribution in [1.29, 1.82) is 0 Å². The third-order valence-corrected chi connectivity index (χ3v) is 9.31. The summed E-state index contributed by atoms with van der Waals surface area (Å²) in [6.07, 6.45) is -1.93. The Hall–Kier alpha value is -3.47. The molecule has 0 aliphatic heterocycles. The van der Waals surface area contributed by atoms with Crippen molar-refractivity contribution in [2.24, 2.45) is 5.73 Å². The maximum atomic E-state index is 12.4. The van der Waals surface area contributed by atoms with Gasteiger partial charge in [-0.05, 0) is 74.7 Å². The number of nitrogens with zero attached hydrogens (tertiary/aromatic N) is 2. The molecule has 0 aliphatic rings. The highest BCUT2D eigenvalue weighted by Gasteiger charge is 2.25. The topological polar surface area (TPSA) is 124 Å². The van der Waals surface area contributed by atoms with Crippen LogP contribution in [0.1, 0.15) is 57.6 Å². The molecule has 4 rings (SSSR count). The van der Waals surface area contributed by atoms with Crippen LogP contribution in [-0.2, 0) is 31.9 Å². The number of halogens is 2. The number of nitrogens with two attached hydrogens (primary N) is 1. The van der Waals surface area contributed by atoms with Crippen LogP contribution in [0.25, 0.3) is 0 Å². The maximum Gasteiger partial charge on any atom is 0.404 e. The summed E-state index contributed by atoms with van der Waals surface area (Å²) in [5, 5.41) is 1.89. The molecule has 1 aromatic heterocycles. The van der Waals surface area contributed by atoms with Gasteiger partial charge in [0.1, 0.15) is 22.3 Å². The minimum absolute atomic E-state index is 0.0664. The van der Waals surface area contributed by atoms with Crippen LogP contribution >= 0.6 is 43.3 Å². The van der Waals surface area contributed by atoms with Crippen molar-refractivity contribution in [2.75, 3.05) is 6.35 Å². The average Bonchev–Trinajstić information content (AvgIpc) is 3.35. The van der Waals surface area contributed by atoms with Gasteiger partial charge in [0.2, 0.25) is 0 Å². The number of carbonyl (C=O) groups is 2. The molecule has 0 radical (unpaired) electrons. The Bertz CT molecular complexity index is 1650. The average molecular weight is 735 g/mol. The highest BCUT2D eigenvalue weighted by atomic mass is 35.5. The number of hydrogen-bond acceptors (Lipinski definition) is 9. The Balaban J connectivity index is 1.54. The Morgan fingerprint density at radius 3 is 2.21 bits per heavy atom. The van der Waals surface area contributed by atoms with E-state index in [1.807, 2.05) is 85.1 Å². The molecule has 0 spiro atoms. The first-order valence-corrected chi connectivity index (χ1v) is 18.1. The molecule has 10 nitrogen and oxygen atoms in total. The van der Waals surface area contributed by atoms with Gasteiger partial charge in [0, 0.05) is 21.5 Å². The molecule has 0 bridgehead atoms. The van der Waals surface area contributed by atoms with E-state index in [0.29, 0.717) is 33.9 Å². The molecule has 14 heteroatoms. The summed E-state index contributed by atoms with van der Waals surface area (Å²) in [4.78, 5) is 29.6. The number of aromatic nitrogens is 2. The molecule has 2 atom stereocenters. The molecule has 2 N–H and O–H groups in total. The first-order valence-electron chi connectivity index (χ1n) is 15.1. The SMILES string of the molecule is CC(C)OC(=O)C(C)OP(COc1ccc(Cn2c(COC(N)=O)nc(C(C)C)c2Sc2cc(Cl)cc(Cl)c2)cc1)Oc1ccccc1. The minimum Gasteiger partial charge on any atom is -0.483 e. The molecule has 2 unspecified atom stereocenters. The lowest BCUT2D eigenvalue weighted by atomic mass is 10.1. The quantitative estimate of drug-likeness (QED) is 0.0886. The largest absolute Gasteiger partial charge is 0.483 e. The number of primary amides is 1. The molecule has 48 heavy (non-hydrogen) atoms. The van der Waals surface area contributed by atoms with E-state index in [9.17, 15) is 9.59 Å². The van der Waals surface area contributed by atoms with Gasteiger partial charge in [-0.3, -0.25) is 0 Å². The van der Waals surface area contributed by atoms with Gasteiger partial charge in [0.25, 0.3) is 8.38 Å². The van der Waals surface area contributed by atoms with Crippen molar-refractivity contribution in [3.05, 3.63) is 99.9 Å². The summed E-state index contributed by atoms with van der Waals surface area (Å²) in [5.74, 6) is 1.31. The van der Waals surface area contributed by atoms with Crippen LogP contribution in [0.2, 0.25) is 10.0 Å². The predicted molar refractivity (Wildman–Crippen MR) is 188 cm³/mol. The zero-order valence-corrected chi connectivity index (χ0v) is 30.4. The van der Waals surface area contributed by atoms with E-state index < -0.39 is 26.5 Å². The fourth-order valence-corrected chi connectivity index (χ4v) is 7.44. The molecule has 256 valence electrons. The molecular formula is C34H38Cl2N3O7PS. The Morgan fingerprint density at radius 1 is 0.938 bits per heavy atom. The van der Waals surface area contributed by atoms with Crippen LogP contribution in [0.5, 0.6) is 11.5 Å². The van der Waals surface area contributed by atoms with Crippen molar-refractivity contribution in [3.63, 3.8) is 0 Å². The van der Waals surface area contributed by atoms with E-state index in [2.05, 4.69) is 0 Å². The molecular weight excluding hydrogens is 696 g/mol.